The van der Waals surface area contributed by atoms with E-state index in [9.17, 15) is 5.11 Å². The molecule has 0 bridgehead atoms. The molecule has 7 nitrogen and oxygen atoms in total. The van der Waals surface area contributed by atoms with Crippen molar-refractivity contribution in [2.45, 2.75) is 0 Å². The molecular weight excluding hydrogens is 610 g/mol. The lowest BCUT2D eigenvalue weighted by atomic mass is 9.97. The summed E-state index contributed by atoms with van der Waals surface area (Å²) in [4.78, 5) is 9.83. The molecule has 10 rings (SSSR count). The van der Waals surface area contributed by atoms with Crippen LogP contribution in [0.1, 0.15) is 0 Å². The van der Waals surface area contributed by atoms with E-state index >= 15 is 0 Å². The Morgan fingerprint density at radius 2 is 1.33 bits per heavy atom. The quantitative estimate of drug-likeness (QED) is 0.202. The third-order valence-electron chi connectivity index (χ3n) is 9.07. The van der Waals surface area contributed by atoms with Crippen LogP contribution in [0.25, 0.3) is 83.0 Å². The first-order valence-corrected chi connectivity index (χ1v) is 16.0. The number of phenolic OH excluding ortho intramolecular Hbond substituents is 1. The summed E-state index contributed by atoms with van der Waals surface area (Å²) in [5.74, 6) is 0.155. The molecule has 0 saturated carbocycles. The van der Waals surface area contributed by atoms with Gasteiger partial charge in [-0.15, -0.1) is 0 Å². The molecule has 0 unspecified atom stereocenters. The van der Waals surface area contributed by atoms with Gasteiger partial charge >= 0.3 is 6.01 Å². The number of fused-ring (bicyclic) bond motifs is 7. The highest BCUT2D eigenvalue weighted by atomic mass is 16.5. The summed E-state index contributed by atoms with van der Waals surface area (Å²) in [6.45, 7) is 0. The van der Waals surface area contributed by atoms with Gasteiger partial charge in [0.2, 0.25) is 5.75 Å². The first-order chi connectivity index (χ1) is 24.2. The van der Waals surface area contributed by atoms with E-state index in [1.54, 1.807) is 12.3 Å². The summed E-state index contributed by atoms with van der Waals surface area (Å²) >= 11 is 0. The normalized spacial score (nSPS) is 11.8. The van der Waals surface area contributed by atoms with E-state index in [4.69, 9.17) is 18.6 Å². The number of nitrogens with zero attached hydrogens (tertiary/aromatic N) is 3. The second kappa shape index (κ2) is 10.6. The molecule has 7 heteroatoms. The number of furan rings is 2. The van der Waals surface area contributed by atoms with Gasteiger partial charge in [-0.3, -0.25) is 9.55 Å². The largest absolute Gasteiger partial charge is 0.504 e. The number of hydrogen-bond donors (Lipinski definition) is 1. The maximum atomic E-state index is 11.1. The number of aromatic hydroxyl groups is 1. The van der Waals surface area contributed by atoms with Gasteiger partial charge in [0.15, 0.2) is 11.3 Å². The Labute approximate surface area is 278 Å². The summed E-state index contributed by atoms with van der Waals surface area (Å²) < 4.78 is 21.2. The van der Waals surface area contributed by atoms with Crippen molar-refractivity contribution >= 4 is 54.9 Å². The molecule has 0 aliphatic heterocycles. The van der Waals surface area contributed by atoms with E-state index in [1.807, 2.05) is 114 Å². The number of ether oxygens (including phenoxy) is 1. The van der Waals surface area contributed by atoms with Gasteiger partial charge in [-0.2, -0.15) is 4.98 Å². The number of para-hydroxylation sites is 4. The Morgan fingerprint density at radius 1 is 0.592 bits per heavy atom. The highest BCUT2D eigenvalue weighted by molar-refractivity contribution is 6.12. The zero-order valence-electron chi connectivity index (χ0n) is 25.9. The van der Waals surface area contributed by atoms with Crippen LogP contribution in [-0.2, 0) is 0 Å². The minimum atomic E-state index is -0.0456. The van der Waals surface area contributed by atoms with Crippen LogP contribution in [-0.4, -0.2) is 19.6 Å². The lowest BCUT2D eigenvalue weighted by Crippen LogP contribution is -1.98. The molecule has 10 aromatic rings. The van der Waals surface area contributed by atoms with Gasteiger partial charge in [0.05, 0.1) is 16.9 Å². The summed E-state index contributed by atoms with van der Waals surface area (Å²) in [5.41, 5.74) is 8.75. The van der Waals surface area contributed by atoms with E-state index in [2.05, 4.69) is 29.2 Å². The van der Waals surface area contributed by atoms with Crippen molar-refractivity contribution in [3.05, 3.63) is 146 Å². The zero-order valence-corrected chi connectivity index (χ0v) is 25.9. The Kier molecular flexibility index (Phi) is 5.89. The van der Waals surface area contributed by atoms with E-state index in [-0.39, 0.29) is 17.5 Å². The van der Waals surface area contributed by atoms with Gasteiger partial charge in [-0.25, -0.2) is 0 Å². The number of benzene rings is 6. The molecule has 0 aliphatic rings. The Balaban J connectivity index is 1.23. The minimum absolute atomic E-state index is 0.0456. The number of aromatic nitrogens is 3. The van der Waals surface area contributed by atoms with Crippen LogP contribution in [0, 0.1) is 0 Å². The molecule has 4 aromatic heterocycles. The number of imidazole rings is 1. The van der Waals surface area contributed by atoms with Crippen molar-refractivity contribution in [2.24, 2.45) is 0 Å². The van der Waals surface area contributed by atoms with Crippen LogP contribution in [0.5, 0.6) is 17.5 Å². The van der Waals surface area contributed by atoms with Crippen LogP contribution in [0.15, 0.2) is 155 Å². The van der Waals surface area contributed by atoms with Crippen molar-refractivity contribution in [3.63, 3.8) is 0 Å². The Morgan fingerprint density at radius 3 is 2.12 bits per heavy atom. The van der Waals surface area contributed by atoms with Gasteiger partial charge in [0, 0.05) is 38.9 Å². The van der Waals surface area contributed by atoms with Gasteiger partial charge in [-0.05, 0) is 72.3 Å². The standard InChI is InChI=1S/C42H25N3O4/c46-35-21-20-30-28-13-4-6-18-36(28)48-40(30)41(35)49-42-44-38-27(15-10-17-34(38)45(42)26-11-2-1-3-12-26)25-23-31-29-14-5-7-19-37(29)47-39(31)32(24-25)33-16-8-9-22-43-33/h1-24,46H. The summed E-state index contributed by atoms with van der Waals surface area (Å²) in [6, 6.07) is 45.8. The molecular formula is C42H25N3O4. The predicted molar refractivity (Wildman–Crippen MR) is 192 cm³/mol. The molecule has 0 spiro atoms. The SMILES string of the molecule is Oc1ccc2c(oc3ccccc32)c1Oc1nc2c(-c3cc(-c4ccccn4)c4oc5ccccc5c4c3)cccc2n1-c1ccccc1. The third-order valence-corrected chi connectivity index (χ3v) is 9.07. The predicted octanol–water partition coefficient (Wildman–Crippen LogP) is 11.1. The monoisotopic (exact) mass is 635 g/mol. The number of hydrogen-bond acceptors (Lipinski definition) is 6. The second-order valence-corrected chi connectivity index (χ2v) is 11.9. The summed E-state index contributed by atoms with van der Waals surface area (Å²) in [5, 5.41) is 14.9. The lowest BCUT2D eigenvalue weighted by molar-refractivity contribution is 0.388. The molecule has 0 fully saturated rings. The van der Waals surface area contributed by atoms with Crippen molar-refractivity contribution in [1.29, 1.82) is 0 Å². The van der Waals surface area contributed by atoms with Crippen LogP contribution < -0.4 is 4.74 Å². The molecule has 0 radical (unpaired) electrons. The topological polar surface area (TPSA) is 86.5 Å². The molecule has 0 amide bonds. The molecule has 6 aromatic carbocycles. The van der Waals surface area contributed by atoms with Gasteiger partial charge in [-0.1, -0.05) is 72.8 Å². The van der Waals surface area contributed by atoms with Crippen LogP contribution in [0.2, 0.25) is 0 Å². The fourth-order valence-corrected chi connectivity index (χ4v) is 6.84. The van der Waals surface area contributed by atoms with Crippen molar-refractivity contribution in [1.82, 2.24) is 14.5 Å². The summed E-state index contributed by atoms with van der Waals surface area (Å²) in [7, 11) is 0. The zero-order chi connectivity index (χ0) is 32.5. The fourth-order valence-electron chi connectivity index (χ4n) is 6.84. The lowest BCUT2D eigenvalue weighted by Gasteiger charge is -2.11. The smallest absolute Gasteiger partial charge is 0.307 e. The maximum Gasteiger partial charge on any atom is 0.307 e. The first-order valence-electron chi connectivity index (χ1n) is 16.0. The van der Waals surface area contributed by atoms with Gasteiger partial charge < -0.3 is 18.7 Å². The molecule has 1 N–H and O–H groups in total. The van der Waals surface area contributed by atoms with Crippen molar-refractivity contribution < 1.29 is 18.7 Å². The van der Waals surface area contributed by atoms with E-state index in [0.717, 1.165) is 71.8 Å². The van der Waals surface area contributed by atoms with Crippen molar-refractivity contribution in [3.8, 4) is 45.6 Å². The molecule has 0 aliphatic carbocycles. The minimum Gasteiger partial charge on any atom is -0.504 e. The fraction of sp³-hybridized carbons (Fsp3) is 0. The Hall–Kier alpha value is -6.86. The second-order valence-electron chi connectivity index (χ2n) is 11.9. The van der Waals surface area contributed by atoms with E-state index < -0.39 is 0 Å². The van der Waals surface area contributed by atoms with Crippen LogP contribution in [0.4, 0.5) is 0 Å². The average Bonchev–Trinajstić information content (AvgIpc) is 3.84. The van der Waals surface area contributed by atoms with E-state index in [1.165, 1.54) is 0 Å². The highest BCUT2D eigenvalue weighted by Crippen LogP contribution is 2.45. The van der Waals surface area contributed by atoms with Crippen molar-refractivity contribution in [2.75, 3.05) is 0 Å². The molecule has 0 saturated heterocycles. The highest BCUT2D eigenvalue weighted by Gasteiger charge is 2.23. The number of rotatable bonds is 5. The third kappa shape index (κ3) is 4.22. The average molecular weight is 636 g/mol. The van der Waals surface area contributed by atoms with Gasteiger partial charge in [0.1, 0.15) is 22.3 Å². The number of pyridine rings is 1. The van der Waals surface area contributed by atoms with Crippen LogP contribution in [0.3, 0.4) is 0 Å². The van der Waals surface area contributed by atoms with Crippen LogP contribution >= 0.6 is 0 Å². The summed E-state index contributed by atoms with van der Waals surface area (Å²) in [6.07, 6.45) is 1.79. The molecule has 4 heterocycles. The number of phenols is 1. The Bertz CT molecular complexity index is 2870. The first kappa shape index (κ1) is 27.3. The maximum absolute atomic E-state index is 11.1. The van der Waals surface area contributed by atoms with E-state index in [0.29, 0.717) is 11.2 Å². The molecule has 232 valence electrons. The molecule has 49 heavy (non-hydrogen) atoms. The van der Waals surface area contributed by atoms with Gasteiger partial charge in [0.25, 0.3) is 0 Å². The molecule has 0 atom stereocenters.